The van der Waals surface area contributed by atoms with Crippen LogP contribution in [0.25, 0.3) is 22.0 Å². The van der Waals surface area contributed by atoms with Crippen LogP contribution in [0.15, 0.2) is 65.3 Å². The first-order valence-electron chi connectivity index (χ1n) is 17.2. The van der Waals surface area contributed by atoms with Crippen molar-refractivity contribution in [1.29, 1.82) is 0 Å². The number of hydrazone groups is 1. The first-order valence-corrected chi connectivity index (χ1v) is 17.6. The summed E-state index contributed by atoms with van der Waals surface area (Å²) in [5.74, 6) is -0.897. The van der Waals surface area contributed by atoms with E-state index in [9.17, 15) is 24.9 Å². The van der Waals surface area contributed by atoms with Crippen LogP contribution in [0.4, 0.5) is 0 Å². The number of aliphatic hydroxyl groups is 3. The molecule has 4 saturated carbocycles. The van der Waals surface area contributed by atoms with Crippen molar-refractivity contribution in [3.8, 4) is 11.1 Å². The van der Waals surface area contributed by atoms with Crippen LogP contribution in [0.5, 0.6) is 0 Å². The fourth-order valence-corrected chi connectivity index (χ4v) is 11.0. The lowest BCUT2D eigenvalue weighted by atomic mass is 9.41. The van der Waals surface area contributed by atoms with Crippen LogP contribution < -0.4 is 5.43 Å². The molecular weight excluding hydrogens is 630 g/mol. The van der Waals surface area contributed by atoms with E-state index in [1.807, 2.05) is 42.5 Å². The number of aromatic nitrogens is 1. The van der Waals surface area contributed by atoms with Gasteiger partial charge in [0.15, 0.2) is 0 Å². The van der Waals surface area contributed by atoms with Crippen molar-refractivity contribution in [3.05, 3.63) is 70.9 Å². The van der Waals surface area contributed by atoms with Crippen LogP contribution in [-0.4, -0.2) is 62.3 Å². The Morgan fingerprint density at radius 1 is 1.04 bits per heavy atom. The number of amides is 1. The van der Waals surface area contributed by atoms with Gasteiger partial charge in [-0.05, 0) is 98.5 Å². The number of cyclic esters (lactones) is 1. The van der Waals surface area contributed by atoms with Gasteiger partial charge in [-0.2, -0.15) is 5.10 Å². The van der Waals surface area contributed by atoms with E-state index in [4.69, 9.17) is 16.3 Å². The summed E-state index contributed by atoms with van der Waals surface area (Å²) in [4.78, 5) is 29.1. The second-order valence-corrected chi connectivity index (χ2v) is 15.6. The molecule has 5 unspecified atom stereocenters. The molecule has 5 aliphatic rings. The van der Waals surface area contributed by atoms with Gasteiger partial charge in [0.2, 0.25) is 0 Å². The minimum atomic E-state index is -1.23. The summed E-state index contributed by atoms with van der Waals surface area (Å²) in [5, 5.41) is 41.8. The van der Waals surface area contributed by atoms with Gasteiger partial charge in [0.25, 0.3) is 5.91 Å². The molecule has 8 atom stereocenters. The summed E-state index contributed by atoms with van der Waals surface area (Å²) < 4.78 is 5.27. The van der Waals surface area contributed by atoms with Gasteiger partial charge in [0.1, 0.15) is 12.3 Å². The second kappa shape index (κ2) is 11.3. The lowest BCUT2D eigenvalue weighted by molar-refractivity contribution is -0.237. The fourth-order valence-electron chi connectivity index (χ4n) is 10.9. The van der Waals surface area contributed by atoms with Gasteiger partial charge in [-0.1, -0.05) is 48.9 Å². The van der Waals surface area contributed by atoms with E-state index in [1.165, 1.54) is 0 Å². The number of halogens is 1. The SMILES string of the molecule is CC12CC[C@H]3[C@@H](CCC4(O)C[C@H](O)CCC34/C=N/NC(=O)c3[nH]c4ccc(Cl)cc4c3-c3ccccc3)C1(O)CCC2C1=CC(=O)OC1. The van der Waals surface area contributed by atoms with Crippen molar-refractivity contribution in [1.82, 2.24) is 10.4 Å². The largest absolute Gasteiger partial charge is 0.458 e. The monoisotopic (exact) mass is 671 g/mol. The van der Waals surface area contributed by atoms with Crippen LogP contribution in [0.3, 0.4) is 0 Å². The maximum Gasteiger partial charge on any atom is 0.331 e. The number of nitrogens with zero attached hydrogens (tertiary/aromatic N) is 1. The maximum atomic E-state index is 13.9. The Bertz CT molecular complexity index is 1860. The molecular formula is C38H42ClN3O6. The topological polar surface area (TPSA) is 144 Å². The Morgan fingerprint density at radius 3 is 2.60 bits per heavy atom. The molecule has 10 heteroatoms. The molecule has 0 radical (unpaired) electrons. The number of esters is 1. The highest BCUT2D eigenvalue weighted by atomic mass is 35.5. The molecule has 5 N–H and O–H groups in total. The molecule has 4 fully saturated rings. The van der Waals surface area contributed by atoms with Gasteiger partial charge in [0, 0.05) is 51.0 Å². The Balaban J connectivity index is 1.13. The van der Waals surface area contributed by atoms with E-state index < -0.39 is 34.0 Å². The van der Waals surface area contributed by atoms with E-state index >= 15 is 0 Å². The third-order valence-corrected chi connectivity index (χ3v) is 13.4. The first kappa shape index (κ1) is 31.7. The maximum absolute atomic E-state index is 13.9. The zero-order valence-electron chi connectivity index (χ0n) is 27.0. The highest BCUT2D eigenvalue weighted by Gasteiger charge is 2.71. The molecule has 1 aliphatic heterocycles. The number of benzene rings is 2. The van der Waals surface area contributed by atoms with Gasteiger partial charge in [-0.25, -0.2) is 10.2 Å². The minimum absolute atomic E-state index is 0.0535. The average Bonchev–Trinajstić information content (AvgIpc) is 3.74. The van der Waals surface area contributed by atoms with E-state index in [2.05, 4.69) is 22.4 Å². The summed E-state index contributed by atoms with van der Waals surface area (Å²) in [5.41, 5.74) is 2.95. The van der Waals surface area contributed by atoms with Gasteiger partial charge in [-0.3, -0.25) is 4.79 Å². The van der Waals surface area contributed by atoms with Crippen molar-refractivity contribution in [2.24, 2.45) is 33.7 Å². The van der Waals surface area contributed by atoms with Crippen LogP contribution in [0.1, 0.15) is 75.2 Å². The Kier molecular flexibility index (Phi) is 7.45. The van der Waals surface area contributed by atoms with E-state index in [-0.39, 0.29) is 36.8 Å². The number of rotatable bonds is 5. The van der Waals surface area contributed by atoms with Crippen molar-refractivity contribution >= 4 is 40.6 Å². The molecule has 0 spiro atoms. The highest BCUT2D eigenvalue weighted by molar-refractivity contribution is 6.31. The molecule has 0 bridgehead atoms. The highest BCUT2D eigenvalue weighted by Crippen LogP contribution is 2.70. The van der Waals surface area contributed by atoms with Gasteiger partial charge in [0.05, 0.1) is 17.3 Å². The Hall–Kier alpha value is -3.50. The van der Waals surface area contributed by atoms with Crippen molar-refractivity contribution in [3.63, 3.8) is 0 Å². The van der Waals surface area contributed by atoms with Crippen molar-refractivity contribution < 1.29 is 29.6 Å². The number of nitrogens with one attached hydrogen (secondary N) is 2. The molecule has 2 aromatic carbocycles. The first-order chi connectivity index (χ1) is 23.0. The number of aromatic amines is 1. The number of hydrogen-bond donors (Lipinski definition) is 5. The molecule has 3 aromatic rings. The van der Waals surface area contributed by atoms with Crippen LogP contribution >= 0.6 is 11.6 Å². The summed E-state index contributed by atoms with van der Waals surface area (Å²) in [6.45, 7) is 2.45. The van der Waals surface area contributed by atoms with Gasteiger partial charge in [-0.15, -0.1) is 0 Å². The fraction of sp³-hybridized carbons (Fsp3) is 0.500. The number of ether oxygens (including phenoxy) is 1. The van der Waals surface area contributed by atoms with Crippen molar-refractivity contribution in [2.75, 3.05) is 6.61 Å². The minimum Gasteiger partial charge on any atom is -0.458 e. The predicted octanol–water partition coefficient (Wildman–Crippen LogP) is 5.92. The third-order valence-electron chi connectivity index (χ3n) is 13.2. The van der Waals surface area contributed by atoms with Crippen LogP contribution in [0, 0.1) is 28.6 Å². The number of fused-ring (bicyclic) bond motifs is 6. The molecule has 2 heterocycles. The quantitative estimate of drug-likeness (QED) is 0.130. The normalized spacial score (nSPS) is 37.5. The van der Waals surface area contributed by atoms with Gasteiger partial charge >= 0.3 is 5.97 Å². The third kappa shape index (κ3) is 4.57. The molecule has 4 aliphatic carbocycles. The van der Waals surface area contributed by atoms with Crippen molar-refractivity contribution in [2.45, 2.75) is 82.0 Å². The summed E-state index contributed by atoms with van der Waals surface area (Å²) in [7, 11) is 0. The average molecular weight is 672 g/mol. The Labute approximate surface area is 284 Å². The predicted molar refractivity (Wildman–Crippen MR) is 182 cm³/mol. The summed E-state index contributed by atoms with van der Waals surface area (Å²) >= 11 is 6.36. The lowest BCUT2D eigenvalue weighted by Gasteiger charge is -2.65. The molecule has 48 heavy (non-hydrogen) atoms. The number of aliphatic hydroxyl groups excluding tert-OH is 1. The molecule has 0 saturated heterocycles. The standard InChI is InChI=1S/C38H42ClN3O6/c1-35-13-10-28-29(38(35,47)16-12-27(35)23-17-31(44)48-20-23)11-15-37(46)19-25(43)9-14-36(28,37)21-40-42-34(45)33-32(22-5-3-2-4-6-22)26-18-24(39)7-8-30(26)41-33/h2-8,17-18,21,25,27-29,41,43,46-47H,9-16,19-20H2,1H3,(H,42,45)/b40-21+/t25-,27?,28+,29-,35?,36?,37?,38?/m1/s1. The molecule has 8 rings (SSSR count). The van der Waals surface area contributed by atoms with E-state index in [1.54, 1.807) is 18.4 Å². The van der Waals surface area contributed by atoms with Crippen LogP contribution in [0.2, 0.25) is 5.02 Å². The molecule has 1 amide bonds. The molecule has 1 aromatic heterocycles. The van der Waals surface area contributed by atoms with E-state index in [0.29, 0.717) is 42.8 Å². The zero-order chi connectivity index (χ0) is 33.5. The van der Waals surface area contributed by atoms with E-state index in [0.717, 1.165) is 46.9 Å². The number of hydrogen-bond acceptors (Lipinski definition) is 7. The van der Waals surface area contributed by atoms with Gasteiger partial charge < -0.3 is 25.0 Å². The molecule has 252 valence electrons. The molecule has 9 nitrogen and oxygen atoms in total. The smallest absolute Gasteiger partial charge is 0.331 e. The number of H-pyrrole nitrogens is 1. The summed E-state index contributed by atoms with van der Waals surface area (Å²) in [6, 6.07) is 15.1. The number of carbonyl (C=O) groups excluding carboxylic acids is 2. The zero-order valence-corrected chi connectivity index (χ0v) is 27.8. The summed E-state index contributed by atoms with van der Waals surface area (Å²) in [6.07, 6.45) is 7.83. The van der Waals surface area contributed by atoms with Crippen LogP contribution in [-0.2, 0) is 9.53 Å². The lowest BCUT2D eigenvalue weighted by Crippen LogP contribution is -2.68. The number of carbonyl (C=O) groups is 2. The second-order valence-electron chi connectivity index (χ2n) is 15.1. The Morgan fingerprint density at radius 2 is 1.83 bits per heavy atom.